The van der Waals surface area contributed by atoms with Gasteiger partial charge in [-0.25, -0.2) is 0 Å². The Morgan fingerprint density at radius 3 is 2.44 bits per heavy atom. The Labute approximate surface area is 116 Å². The minimum Gasteiger partial charge on any atom is -0.343 e. The molecule has 0 aromatic heterocycles. The zero-order valence-electron chi connectivity index (χ0n) is 10.3. The maximum Gasteiger partial charge on any atom is 0.209 e. The third kappa shape index (κ3) is 3.96. The summed E-state index contributed by atoms with van der Waals surface area (Å²) in [5.41, 5.74) is 1.20. The molecule has 0 bridgehead atoms. The van der Waals surface area contributed by atoms with Crippen molar-refractivity contribution in [2.24, 2.45) is 0 Å². The Hall–Kier alpha value is -1.13. The molecule has 1 saturated heterocycles. The van der Waals surface area contributed by atoms with E-state index < -0.39 is 0 Å². The SMILES string of the molecule is O=CN1CCN(C/C(Br)=C/c2ccccc2)CC1. The highest BCUT2D eigenvalue weighted by Crippen LogP contribution is 2.14. The van der Waals surface area contributed by atoms with Gasteiger partial charge in [0, 0.05) is 37.2 Å². The molecule has 1 aliphatic rings. The fourth-order valence-electron chi connectivity index (χ4n) is 2.02. The molecule has 4 heteroatoms. The minimum absolute atomic E-state index is 0.828. The molecule has 1 aromatic carbocycles. The van der Waals surface area contributed by atoms with Crippen molar-refractivity contribution in [2.75, 3.05) is 32.7 Å². The molecule has 2 rings (SSSR count). The molecule has 0 atom stereocenters. The van der Waals surface area contributed by atoms with Crippen molar-refractivity contribution >= 4 is 28.4 Å². The molecule has 96 valence electrons. The summed E-state index contributed by atoms with van der Waals surface area (Å²) in [6.45, 7) is 4.44. The van der Waals surface area contributed by atoms with Crippen LogP contribution in [0.2, 0.25) is 0 Å². The Balaban J connectivity index is 1.86. The van der Waals surface area contributed by atoms with Crippen molar-refractivity contribution in [2.45, 2.75) is 0 Å². The van der Waals surface area contributed by atoms with Crippen LogP contribution in [0.1, 0.15) is 5.56 Å². The first-order valence-corrected chi connectivity index (χ1v) is 6.90. The van der Waals surface area contributed by atoms with E-state index in [1.165, 1.54) is 10.0 Å². The number of amides is 1. The van der Waals surface area contributed by atoms with Crippen molar-refractivity contribution in [3.05, 3.63) is 40.4 Å². The van der Waals surface area contributed by atoms with Gasteiger partial charge in [0.1, 0.15) is 0 Å². The number of halogens is 1. The maximum absolute atomic E-state index is 10.6. The fraction of sp³-hybridized carbons (Fsp3) is 0.357. The zero-order valence-corrected chi connectivity index (χ0v) is 11.8. The van der Waals surface area contributed by atoms with E-state index in [2.05, 4.69) is 39.0 Å². The molecule has 0 spiro atoms. The van der Waals surface area contributed by atoms with E-state index in [9.17, 15) is 4.79 Å². The second-order valence-corrected chi connectivity index (χ2v) is 5.44. The first kappa shape index (κ1) is 13.3. The quantitative estimate of drug-likeness (QED) is 0.796. The van der Waals surface area contributed by atoms with Crippen LogP contribution >= 0.6 is 15.9 Å². The Kier molecular flexibility index (Phi) is 4.96. The third-order valence-corrected chi connectivity index (χ3v) is 3.53. The third-order valence-electron chi connectivity index (χ3n) is 3.05. The molecule has 1 heterocycles. The first-order valence-electron chi connectivity index (χ1n) is 6.11. The van der Waals surface area contributed by atoms with Crippen LogP contribution in [-0.4, -0.2) is 48.9 Å². The molecule has 1 aromatic rings. The summed E-state index contributed by atoms with van der Waals surface area (Å²) in [6.07, 6.45) is 3.08. The number of rotatable bonds is 4. The van der Waals surface area contributed by atoms with Gasteiger partial charge in [-0.1, -0.05) is 46.3 Å². The summed E-state index contributed by atoms with van der Waals surface area (Å²) in [5, 5.41) is 0. The normalized spacial score (nSPS) is 17.8. The Morgan fingerprint density at radius 2 is 1.83 bits per heavy atom. The van der Waals surface area contributed by atoms with Gasteiger partial charge in [0.05, 0.1) is 0 Å². The van der Waals surface area contributed by atoms with Crippen molar-refractivity contribution in [1.29, 1.82) is 0 Å². The summed E-state index contributed by atoms with van der Waals surface area (Å²) >= 11 is 3.62. The van der Waals surface area contributed by atoms with Gasteiger partial charge in [0.2, 0.25) is 6.41 Å². The molecule has 1 amide bonds. The van der Waals surface area contributed by atoms with Crippen LogP contribution in [-0.2, 0) is 4.79 Å². The lowest BCUT2D eigenvalue weighted by Crippen LogP contribution is -2.45. The number of hydrogen-bond donors (Lipinski definition) is 0. The van der Waals surface area contributed by atoms with Crippen molar-refractivity contribution in [3.63, 3.8) is 0 Å². The lowest BCUT2D eigenvalue weighted by molar-refractivity contribution is -0.119. The predicted molar refractivity (Wildman–Crippen MR) is 77.4 cm³/mol. The van der Waals surface area contributed by atoms with Gasteiger partial charge in [-0.05, 0) is 11.6 Å². The fourth-order valence-corrected chi connectivity index (χ4v) is 2.64. The maximum atomic E-state index is 10.6. The van der Waals surface area contributed by atoms with Gasteiger partial charge < -0.3 is 4.90 Å². The van der Waals surface area contributed by atoms with Crippen LogP contribution in [0.5, 0.6) is 0 Å². The van der Waals surface area contributed by atoms with Crippen molar-refractivity contribution in [1.82, 2.24) is 9.80 Å². The minimum atomic E-state index is 0.828. The van der Waals surface area contributed by atoms with Crippen LogP contribution < -0.4 is 0 Å². The average molecular weight is 309 g/mol. The van der Waals surface area contributed by atoms with Crippen LogP contribution in [0.3, 0.4) is 0 Å². The summed E-state index contributed by atoms with van der Waals surface area (Å²) in [5.74, 6) is 0. The second kappa shape index (κ2) is 6.71. The van der Waals surface area contributed by atoms with Crippen LogP contribution in [0, 0.1) is 0 Å². The highest BCUT2D eigenvalue weighted by atomic mass is 79.9. The molecule has 3 nitrogen and oxygen atoms in total. The summed E-state index contributed by atoms with van der Waals surface area (Å²) in [4.78, 5) is 14.8. The van der Waals surface area contributed by atoms with Gasteiger partial charge >= 0.3 is 0 Å². The Morgan fingerprint density at radius 1 is 1.17 bits per heavy atom. The van der Waals surface area contributed by atoms with Gasteiger partial charge in [0.25, 0.3) is 0 Å². The Bertz CT molecular complexity index is 411. The number of hydrogen-bond acceptors (Lipinski definition) is 2. The first-order chi connectivity index (χ1) is 8.78. The molecule has 0 unspecified atom stereocenters. The predicted octanol–water partition coefficient (Wildman–Crippen LogP) is 2.20. The van der Waals surface area contributed by atoms with E-state index in [0.29, 0.717) is 0 Å². The standard InChI is InChI=1S/C14H17BrN2O/c15-14(10-13-4-2-1-3-5-13)11-16-6-8-17(12-18)9-7-16/h1-5,10,12H,6-9,11H2/b14-10-. The van der Waals surface area contributed by atoms with Crippen LogP contribution in [0.25, 0.3) is 6.08 Å². The van der Waals surface area contributed by atoms with E-state index >= 15 is 0 Å². The van der Waals surface area contributed by atoms with Gasteiger partial charge in [0.15, 0.2) is 0 Å². The van der Waals surface area contributed by atoms with Crippen LogP contribution in [0.4, 0.5) is 0 Å². The summed E-state index contributed by atoms with van der Waals surface area (Å²) in [7, 11) is 0. The number of piperazine rings is 1. The van der Waals surface area contributed by atoms with E-state index in [1.807, 2.05) is 23.1 Å². The average Bonchev–Trinajstić information content (AvgIpc) is 2.40. The van der Waals surface area contributed by atoms with Crippen molar-refractivity contribution in [3.8, 4) is 0 Å². The number of nitrogens with zero attached hydrogens (tertiary/aromatic N) is 2. The smallest absolute Gasteiger partial charge is 0.209 e. The van der Waals surface area contributed by atoms with E-state index in [-0.39, 0.29) is 0 Å². The van der Waals surface area contributed by atoms with E-state index in [1.54, 1.807) is 0 Å². The zero-order chi connectivity index (χ0) is 12.8. The molecule has 18 heavy (non-hydrogen) atoms. The number of carbonyl (C=O) groups excluding carboxylic acids is 1. The molecule has 0 aliphatic carbocycles. The summed E-state index contributed by atoms with van der Waals surface area (Å²) in [6, 6.07) is 10.3. The highest BCUT2D eigenvalue weighted by molar-refractivity contribution is 9.11. The molecule has 1 aliphatic heterocycles. The largest absolute Gasteiger partial charge is 0.343 e. The topological polar surface area (TPSA) is 23.6 Å². The van der Waals surface area contributed by atoms with Gasteiger partial charge in [-0.2, -0.15) is 0 Å². The molecule has 1 fully saturated rings. The molecule has 0 radical (unpaired) electrons. The molecule has 0 N–H and O–H groups in total. The second-order valence-electron chi connectivity index (χ2n) is 4.42. The lowest BCUT2D eigenvalue weighted by Gasteiger charge is -2.32. The highest BCUT2D eigenvalue weighted by Gasteiger charge is 2.15. The molecule has 0 saturated carbocycles. The van der Waals surface area contributed by atoms with E-state index in [0.717, 1.165) is 39.1 Å². The number of carbonyl (C=O) groups is 1. The van der Waals surface area contributed by atoms with Gasteiger partial charge in [-0.3, -0.25) is 9.69 Å². The van der Waals surface area contributed by atoms with Gasteiger partial charge in [-0.15, -0.1) is 0 Å². The van der Waals surface area contributed by atoms with Crippen molar-refractivity contribution < 1.29 is 4.79 Å². The van der Waals surface area contributed by atoms with E-state index in [4.69, 9.17) is 0 Å². The lowest BCUT2D eigenvalue weighted by atomic mass is 10.2. The molecular formula is C14H17BrN2O. The molecular weight excluding hydrogens is 292 g/mol. The summed E-state index contributed by atoms with van der Waals surface area (Å²) < 4.78 is 1.17. The number of benzene rings is 1. The monoisotopic (exact) mass is 308 g/mol. The van der Waals surface area contributed by atoms with Crippen LogP contribution in [0.15, 0.2) is 34.8 Å².